The average Bonchev–Trinajstić information content (AvgIpc) is 2.87. The van der Waals surface area contributed by atoms with E-state index in [4.69, 9.17) is 5.73 Å². The fraction of sp³-hybridized carbons (Fsp3) is 0.633. The van der Waals surface area contributed by atoms with Gasteiger partial charge in [0.15, 0.2) is 17.2 Å². The Morgan fingerprint density at radius 1 is 1.10 bits per heavy atom. The Morgan fingerprint density at radius 2 is 1.68 bits per heavy atom. The summed E-state index contributed by atoms with van der Waals surface area (Å²) in [6.07, 6.45) is -3.90. The van der Waals surface area contributed by atoms with Crippen LogP contribution in [0.1, 0.15) is 86.6 Å². The molecule has 1 amide bonds. The first-order valence-corrected chi connectivity index (χ1v) is 13.9. The second-order valence-electron chi connectivity index (χ2n) is 12.8. The number of primary amides is 1. The smallest absolute Gasteiger partial charge is 0.339 e. The Balaban J connectivity index is 2.13. The second-order valence-corrected chi connectivity index (χ2v) is 12.8. The van der Waals surface area contributed by atoms with Gasteiger partial charge in [0.2, 0.25) is 5.91 Å². The van der Waals surface area contributed by atoms with Crippen LogP contribution in [0.3, 0.4) is 0 Å². The summed E-state index contributed by atoms with van der Waals surface area (Å²) in [6.45, 7) is 10.0. The van der Waals surface area contributed by atoms with E-state index in [0.29, 0.717) is 5.56 Å². The molecule has 0 spiro atoms. The SMILES string of the molecule is CCC(=O)C[C@@H]1[C@@]2(C)[C@H](C)c3ccc(C(=O)O)c(O)c3C(=O)[C@@H]2C(O)[C@@]2(O)C(=O)[C@H](C(N)=O)C(O)[C@H](C(C)C)[C@@]12C. The number of aliphatic hydroxyl groups is 3. The summed E-state index contributed by atoms with van der Waals surface area (Å²) in [4.78, 5) is 65.7. The number of aromatic hydroxyl groups is 1. The number of amides is 1. The van der Waals surface area contributed by atoms with E-state index in [9.17, 15) is 49.5 Å². The lowest BCUT2D eigenvalue weighted by atomic mass is 9.33. The van der Waals surface area contributed by atoms with Gasteiger partial charge in [-0.05, 0) is 40.7 Å². The number of aromatic carboxylic acids is 1. The lowest BCUT2D eigenvalue weighted by molar-refractivity contribution is -0.292. The van der Waals surface area contributed by atoms with Gasteiger partial charge >= 0.3 is 5.97 Å². The van der Waals surface area contributed by atoms with Crippen LogP contribution in [0, 0.1) is 40.4 Å². The largest absolute Gasteiger partial charge is 0.506 e. The summed E-state index contributed by atoms with van der Waals surface area (Å²) in [5.74, 6) is -12.5. The van der Waals surface area contributed by atoms with E-state index in [-0.39, 0.29) is 24.2 Å². The van der Waals surface area contributed by atoms with Gasteiger partial charge < -0.3 is 31.3 Å². The monoisotopic (exact) mass is 573 g/mol. The molecule has 41 heavy (non-hydrogen) atoms. The molecule has 4 rings (SSSR count). The number of fused-ring (bicyclic) bond motifs is 3. The molecule has 2 unspecified atom stereocenters. The molecule has 0 aromatic heterocycles. The van der Waals surface area contributed by atoms with Crippen LogP contribution in [-0.4, -0.2) is 72.6 Å². The summed E-state index contributed by atoms with van der Waals surface area (Å²) in [6, 6.07) is 2.59. The van der Waals surface area contributed by atoms with Crippen molar-refractivity contribution in [1.29, 1.82) is 0 Å². The summed E-state index contributed by atoms with van der Waals surface area (Å²) in [7, 11) is 0. The Bertz CT molecular complexity index is 1350. The Morgan fingerprint density at radius 3 is 2.17 bits per heavy atom. The number of Topliss-reactive ketones (excluding diaryl/α,β-unsaturated/α-hetero) is 3. The van der Waals surface area contributed by atoms with Crippen molar-refractivity contribution in [3.63, 3.8) is 0 Å². The van der Waals surface area contributed by atoms with E-state index in [2.05, 4.69) is 0 Å². The summed E-state index contributed by atoms with van der Waals surface area (Å²) in [5.41, 5.74) is -0.927. The Kier molecular flexibility index (Phi) is 7.29. The van der Waals surface area contributed by atoms with Gasteiger partial charge in [-0.3, -0.25) is 19.2 Å². The highest BCUT2D eigenvalue weighted by Crippen LogP contribution is 2.71. The van der Waals surface area contributed by atoms with Gasteiger partial charge in [0.05, 0.1) is 17.6 Å². The number of carboxylic acid groups (broad SMARTS) is 1. The van der Waals surface area contributed by atoms with Crippen LogP contribution in [0.4, 0.5) is 0 Å². The Labute approximate surface area is 237 Å². The van der Waals surface area contributed by atoms with E-state index in [1.165, 1.54) is 19.1 Å². The number of hydrogen-bond acceptors (Lipinski definition) is 9. The third-order valence-corrected chi connectivity index (χ3v) is 11.0. The van der Waals surface area contributed by atoms with E-state index < -0.39 is 98.9 Å². The summed E-state index contributed by atoms with van der Waals surface area (Å²) in [5, 5.41) is 56.5. The zero-order chi connectivity index (χ0) is 31.1. The number of hydrogen-bond donors (Lipinski definition) is 6. The number of phenols is 1. The molecule has 2 saturated carbocycles. The number of carbonyl (C=O) groups is 5. The third-order valence-electron chi connectivity index (χ3n) is 11.0. The van der Waals surface area contributed by atoms with Gasteiger partial charge in [-0.1, -0.05) is 47.6 Å². The fourth-order valence-corrected chi connectivity index (χ4v) is 8.96. The lowest BCUT2D eigenvalue weighted by Gasteiger charge is -2.71. The highest BCUT2D eigenvalue weighted by atomic mass is 16.4. The first kappa shape index (κ1) is 30.8. The maximum Gasteiger partial charge on any atom is 0.339 e. The van der Waals surface area contributed by atoms with Gasteiger partial charge in [0, 0.05) is 18.3 Å². The molecule has 0 aliphatic heterocycles. The average molecular weight is 574 g/mol. The van der Waals surface area contributed by atoms with Gasteiger partial charge in [0.1, 0.15) is 29.1 Å². The number of rotatable bonds is 6. The van der Waals surface area contributed by atoms with Crippen LogP contribution < -0.4 is 5.73 Å². The van der Waals surface area contributed by atoms with E-state index in [1.807, 2.05) is 0 Å². The topological polar surface area (TPSA) is 213 Å². The molecule has 0 radical (unpaired) electrons. The van der Waals surface area contributed by atoms with Crippen LogP contribution in [0.15, 0.2) is 12.1 Å². The molecule has 0 heterocycles. The standard InChI is InChI=1S/C30H39NO10/c1-7-13(32)10-16-28(5)12(4)14-8-9-15(27(39)40)21(33)17(14)22(34)20(28)25(37)30(41)24(36)18(26(31)38)23(35)19(11(2)3)29(16,30)6/h8-9,11-12,16,18-20,23,25,33,35,37,41H,7,10H2,1-6H3,(H2,31,38)(H,39,40)/t12-,16-,18-,19+,20-,23?,25?,28-,29-,30+/m1/s1. The van der Waals surface area contributed by atoms with Crippen LogP contribution >= 0.6 is 0 Å². The number of nitrogens with two attached hydrogens (primary N) is 1. The van der Waals surface area contributed by atoms with Crippen molar-refractivity contribution in [3.8, 4) is 5.75 Å². The predicted molar refractivity (Wildman–Crippen MR) is 144 cm³/mol. The van der Waals surface area contributed by atoms with E-state index >= 15 is 0 Å². The van der Waals surface area contributed by atoms with Crippen LogP contribution in [0.5, 0.6) is 5.75 Å². The van der Waals surface area contributed by atoms with Crippen LogP contribution in [0.25, 0.3) is 0 Å². The lowest BCUT2D eigenvalue weighted by Crippen LogP contribution is -2.82. The zero-order valence-corrected chi connectivity index (χ0v) is 24.0. The molecule has 1 aromatic carbocycles. The molecule has 1 aromatic rings. The molecule has 7 N–H and O–H groups in total. The zero-order valence-electron chi connectivity index (χ0n) is 24.0. The molecule has 3 aliphatic carbocycles. The molecule has 10 atom stereocenters. The molecule has 11 nitrogen and oxygen atoms in total. The van der Waals surface area contributed by atoms with E-state index in [0.717, 1.165) is 0 Å². The normalized spacial score (nSPS) is 40.0. The predicted octanol–water partition coefficient (Wildman–Crippen LogP) is 1.43. The molecular formula is C30H39NO10. The molecule has 224 valence electrons. The highest BCUT2D eigenvalue weighted by Gasteiger charge is 2.80. The number of ketones is 3. The molecule has 3 aliphatic rings. The molecule has 0 saturated heterocycles. The van der Waals surface area contributed by atoms with Crippen LogP contribution in [0.2, 0.25) is 0 Å². The maximum absolute atomic E-state index is 14.3. The van der Waals surface area contributed by atoms with Crippen molar-refractivity contribution in [2.75, 3.05) is 0 Å². The van der Waals surface area contributed by atoms with Gasteiger partial charge in [-0.25, -0.2) is 4.79 Å². The third kappa shape index (κ3) is 3.64. The molecule has 11 heteroatoms. The molecule has 0 bridgehead atoms. The number of benzene rings is 1. The highest BCUT2D eigenvalue weighted by molar-refractivity contribution is 6.10. The minimum Gasteiger partial charge on any atom is -0.506 e. The fourth-order valence-electron chi connectivity index (χ4n) is 8.96. The minimum atomic E-state index is -2.81. The van der Waals surface area contributed by atoms with Crippen molar-refractivity contribution in [3.05, 3.63) is 28.8 Å². The van der Waals surface area contributed by atoms with Gasteiger partial charge in [-0.2, -0.15) is 0 Å². The van der Waals surface area contributed by atoms with Gasteiger partial charge in [0.25, 0.3) is 0 Å². The minimum absolute atomic E-state index is 0.0999. The molecule has 2 fully saturated rings. The van der Waals surface area contributed by atoms with Crippen molar-refractivity contribution in [2.45, 2.75) is 78.1 Å². The van der Waals surface area contributed by atoms with Gasteiger partial charge in [-0.15, -0.1) is 0 Å². The quantitative estimate of drug-likeness (QED) is 0.269. The first-order chi connectivity index (χ1) is 18.9. The second kappa shape index (κ2) is 9.71. The molecular weight excluding hydrogens is 534 g/mol. The van der Waals surface area contributed by atoms with Crippen molar-refractivity contribution >= 4 is 29.2 Å². The van der Waals surface area contributed by atoms with Crippen molar-refractivity contribution < 1.29 is 49.5 Å². The maximum atomic E-state index is 14.3. The summed E-state index contributed by atoms with van der Waals surface area (Å²) >= 11 is 0. The van der Waals surface area contributed by atoms with Crippen LogP contribution in [-0.2, 0) is 14.4 Å². The number of aliphatic hydroxyl groups excluding tert-OH is 2. The van der Waals surface area contributed by atoms with Crippen molar-refractivity contribution in [1.82, 2.24) is 0 Å². The summed E-state index contributed by atoms with van der Waals surface area (Å²) < 4.78 is 0. The number of carboxylic acids is 1. The first-order valence-electron chi connectivity index (χ1n) is 13.9. The Hall–Kier alpha value is -3.15. The van der Waals surface area contributed by atoms with E-state index in [1.54, 1.807) is 34.6 Å². The van der Waals surface area contributed by atoms with Crippen molar-refractivity contribution in [2.24, 2.45) is 46.2 Å². The number of carbonyl (C=O) groups excluding carboxylic acids is 4.